The van der Waals surface area contributed by atoms with Crippen LogP contribution in [0.2, 0.25) is 0 Å². The van der Waals surface area contributed by atoms with Gasteiger partial charge in [-0.05, 0) is 75.3 Å². The fourth-order valence-corrected chi connectivity index (χ4v) is 6.05. The maximum absolute atomic E-state index is 14.8. The first-order valence-corrected chi connectivity index (χ1v) is 15.9. The van der Waals surface area contributed by atoms with Crippen LogP contribution in [0.3, 0.4) is 0 Å². The van der Waals surface area contributed by atoms with Crippen molar-refractivity contribution in [3.63, 3.8) is 0 Å². The molecule has 0 aliphatic carbocycles. The topological polar surface area (TPSA) is 103 Å². The predicted molar refractivity (Wildman–Crippen MR) is 167 cm³/mol. The Labute approximate surface area is 289 Å². The van der Waals surface area contributed by atoms with Gasteiger partial charge in [-0.25, -0.2) is 9.18 Å². The van der Waals surface area contributed by atoms with Crippen LogP contribution in [-0.4, -0.2) is 115 Å². The number of carbonyl (C=O) groups is 4. The highest BCUT2D eigenvalue weighted by Crippen LogP contribution is 2.40. The molecule has 2 aromatic rings. The van der Waals surface area contributed by atoms with Crippen molar-refractivity contribution in [3.05, 3.63) is 59.4 Å². The van der Waals surface area contributed by atoms with Crippen molar-refractivity contribution in [2.24, 2.45) is 5.92 Å². The summed E-state index contributed by atoms with van der Waals surface area (Å²) in [6.45, 7) is 3.67. The summed E-state index contributed by atoms with van der Waals surface area (Å²) in [6.07, 6.45) is -10.7. The van der Waals surface area contributed by atoms with Crippen LogP contribution < -0.4 is 9.64 Å². The molecule has 0 unspecified atom stereocenters. The van der Waals surface area contributed by atoms with Gasteiger partial charge in [-0.15, -0.1) is 0 Å². The van der Waals surface area contributed by atoms with Crippen molar-refractivity contribution in [1.29, 1.82) is 0 Å². The average Bonchev–Trinajstić information content (AvgIpc) is 3.28. The van der Waals surface area contributed by atoms with Gasteiger partial charge in [0.05, 0.1) is 17.8 Å². The number of likely N-dealkylation sites (tertiary alicyclic amines) is 1. The van der Waals surface area contributed by atoms with Gasteiger partial charge in [0.1, 0.15) is 23.7 Å². The summed E-state index contributed by atoms with van der Waals surface area (Å²) in [6, 6.07) is 5.72. The first-order valence-electron chi connectivity index (χ1n) is 15.9. The highest BCUT2D eigenvalue weighted by Gasteiger charge is 2.54. The average molecular weight is 734 g/mol. The highest BCUT2D eigenvalue weighted by atomic mass is 19.4. The molecule has 18 heteroatoms. The Bertz CT molecular complexity index is 1610. The van der Waals surface area contributed by atoms with Gasteiger partial charge in [-0.1, -0.05) is 13.8 Å². The Kier molecular flexibility index (Phi) is 11.5. The summed E-state index contributed by atoms with van der Waals surface area (Å²) in [5, 5.41) is -0.311. The number of piperidine rings is 1. The lowest BCUT2D eigenvalue weighted by atomic mass is 9.85. The van der Waals surface area contributed by atoms with Crippen LogP contribution in [0.25, 0.3) is 0 Å². The van der Waals surface area contributed by atoms with E-state index in [9.17, 15) is 49.9 Å². The number of halogens is 7. The van der Waals surface area contributed by atoms with Gasteiger partial charge in [0.2, 0.25) is 11.8 Å². The van der Waals surface area contributed by atoms with Gasteiger partial charge >= 0.3 is 18.3 Å². The third-order valence-electron chi connectivity index (χ3n) is 8.75. The fraction of sp³-hybridized carbons (Fsp3) is 0.515. The van der Waals surface area contributed by atoms with Crippen LogP contribution in [0.1, 0.15) is 42.6 Å². The predicted octanol–water partition coefficient (Wildman–Crippen LogP) is 4.57. The van der Waals surface area contributed by atoms with Gasteiger partial charge in [0.25, 0.3) is 5.91 Å². The minimum atomic E-state index is -5.69. The second kappa shape index (κ2) is 14.9. The molecule has 2 aromatic carbocycles. The quantitative estimate of drug-likeness (QED) is 0.273. The zero-order chi connectivity index (χ0) is 38.1. The Hall–Kier alpha value is -4.61. The molecular formula is C33H38F7N5O6. The maximum Gasteiger partial charge on any atom is 0.493 e. The van der Waals surface area contributed by atoms with Gasteiger partial charge in [0, 0.05) is 32.4 Å². The second-order valence-electron chi connectivity index (χ2n) is 13.0. The van der Waals surface area contributed by atoms with Crippen LogP contribution >= 0.6 is 0 Å². The van der Waals surface area contributed by atoms with Crippen LogP contribution in [0, 0.1) is 11.7 Å². The fourth-order valence-electron chi connectivity index (χ4n) is 6.05. The van der Waals surface area contributed by atoms with Gasteiger partial charge < -0.3 is 29.2 Å². The molecule has 51 heavy (non-hydrogen) atoms. The Morgan fingerprint density at radius 2 is 1.57 bits per heavy atom. The molecule has 0 bridgehead atoms. The molecule has 2 aliphatic heterocycles. The van der Waals surface area contributed by atoms with Crippen molar-refractivity contribution in [3.8, 4) is 5.75 Å². The van der Waals surface area contributed by atoms with E-state index in [4.69, 9.17) is 4.74 Å². The van der Waals surface area contributed by atoms with Crippen molar-refractivity contribution in [1.82, 2.24) is 19.8 Å². The zero-order valence-corrected chi connectivity index (χ0v) is 28.5. The Morgan fingerprint density at radius 1 is 0.961 bits per heavy atom. The summed E-state index contributed by atoms with van der Waals surface area (Å²) in [5.74, 6) is -8.18. The number of benzene rings is 2. The standard InChI is InChI=1S/C33H38F7N5O6/c1-20(2)26(45(51-30(49)33(38,39)40)27(46)24-18-21(32(35,36)37)6-11-25(24)34)28(47)43-14-12-31(13-15-43)29(48)42(5)19-44(31)22-7-9-23(10-8-22)50-17-16-41(3)4/h6-11,18,20,26H,12-17,19H2,1-5H3/t26-/m1/s1. The number of hydrogen-bond acceptors (Lipinski definition) is 8. The Morgan fingerprint density at radius 3 is 2.10 bits per heavy atom. The SMILES string of the molecule is CC(C)[C@H](C(=O)N1CCC2(CC1)C(=O)N(C)CN2c1ccc(OCCN(C)C)cc1)N(OC(=O)C(F)(F)F)C(=O)c1cc(C(F)(F)F)ccc1F. The van der Waals surface area contributed by atoms with E-state index in [1.807, 2.05) is 23.9 Å². The van der Waals surface area contributed by atoms with Crippen molar-refractivity contribution in [2.75, 3.05) is 59.0 Å². The number of alkyl halides is 6. The van der Waals surface area contributed by atoms with E-state index in [-0.39, 0.29) is 55.7 Å². The molecule has 2 heterocycles. The number of ether oxygens (including phenoxy) is 1. The van der Waals surface area contributed by atoms with E-state index >= 15 is 0 Å². The number of anilines is 1. The van der Waals surface area contributed by atoms with E-state index in [0.29, 0.717) is 30.7 Å². The minimum Gasteiger partial charge on any atom is -0.492 e. The number of hydroxylamine groups is 2. The van der Waals surface area contributed by atoms with Gasteiger partial charge in [-0.3, -0.25) is 14.4 Å². The monoisotopic (exact) mass is 733 g/mol. The third-order valence-corrected chi connectivity index (χ3v) is 8.75. The summed E-state index contributed by atoms with van der Waals surface area (Å²) in [7, 11) is 5.43. The molecule has 0 N–H and O–H groups in total. The van der Waals surface area contributed by atoms with E-state index in [2.05, 4.69) is 4.84 Å². The van der Waals surface area contributed by atoms with Gasteiger partial charge in [0.15, 0.2) is 6.04 Å². The molecule has 1 atom stereocenters. The number of likely N-dealkylation sites (N-methyl/N-ethyl adjacent to an activating group) is 2. The number of carbonyl (C=O) groups excluding carboxylic acids is 4. The van der Waals surface area contributed by atoms with E-state index in [1.54, 1.807) is 31.3 Å². The lowest BCUT2D eigenvalue weighted by Crippen LogP contribution is -2.61. The second-order valence-corrected chi connectivity index (χ2v) is 13.0. The maximum atomic E-state index is 14.8. The third kappa shape index (κ3) is 8.48. The number of amides is 3. The molecule has 2 saturated heterocycles. The molecule has 1 spiro atoms. The molecule has 2 fully saturated rings. The molecule has 0 radical (unpaired) electrons. The zero-order valence-electron chi connectivity index (χ0n) is 28.5. The highest BCUT2D eigenvalue weighted by molar-refractivity contribution is 5.98. The Balaban J connectivity index is 1.61. The normalized spacial score (nSPS) is 17.0. The molecule has 4 rings (SSSR count). The minimum absolute atomic E-state index is 0.0480. The van der Waals surface area contributed by atoms with Crippen LogP contribution in [0.15, 0.2) is 42.5 Å². The van der Waals surface area contributed by atoms with Crippen LogP contribution in [0.5, 0.6) is 5.75 Å². The summed E-state index contributed by atoms with van der Waals surface area (Å²) in [4.78, 5) is 63.8. The molecule has 2 aliphatic rings. The van der Waals surface area contributed by atoms with Crippen molar-refractivity contribution >= 4 is 29.4 Å². The lowest BCUT2D eigenvalue weighted by Gasteiger charge is -2.44. The van der Waals surface area contributed by atoms with E-state index in [1.165, 1.54) is 18.7 Å². The molecule has 11 nitrogen and oxygen atoms in total. The smallest absolute Gasteiger partial charge is 0.492 e. The summed E-state index contributed by atoms with van der Waals surface area (Å²) < 4.78 is 101. The van der Waals surface area contributed by atoms with Crippen molar-refractivity contribution < 1.29 is 59.5 Å². The molecule has 0 aromatic heterocycles. The van der Waals surface area contributed by atoms with E-state index < -0.39 is 64.6 Å². The molecule has 3 amide bonds. The molecule has 0 saturated carbocycles. The first-order chi connectivity index (χ1) is 23.7. The lowest BCUT2D eigenvalue weighted by molar-refractivity contribution is -0.236. The summed E-state index contributed by atoms with van der Waals surface area (Å²) in [5.41, 5.74) is -3.32. The number of hydrogen-bond donors (Lipinski definition) is 0. The van der Waals surface area contributed by atoms with E-state index in [0.717, 1.165) is 4.90 Å². The number of rotatable bonds is 9. The molecular weight excluding hydrogens is 695 g/mol. The summed E-state index contributed by atoms with van der Waals surface area (Å²) >= 11 is 0. The van der Waals surface area contributed by atoms with Crippen molar-refractivity contribution in [2.45, 2.75) is 50.6 Å². The van der Waals surface area contributed by atoms with Gasteiger partial charge in [-0.2, -0.15) is 31.4 Å². The van der Waals surface area contributed by atoms with Crippen LogP contribution in [0.4, 0.5) is 36.4 Å². The first kappa shape index (κ1) is 39.2. The largest absolute Gasteiger partial charge is 0.493 e. The number of nitrogens with zero attached hydrogens (tertiary/aromatic N) is 5. The van der Waals surface area contributed by atoms with Crippen LogP contribution in [-0.2, 0) is 25.4 Å². The molecule has 280 valence electrons.